The van der Waals surface area contributed by atoms with Gasteiger partial charge in [0.15, 0.2) is 0 Å². The minimum atomic E-state index is -0.403. The summed E-state index contributed by atoms with van der Waals surface area (Å²) >= 11 is 0. The van der Waals surface area contributed by atoms with Crippen LogP contribution in [0.25, 0.3) is 0 Å². The number of hydrogen-bond donors (Lipinski definition) is 2. The Kier molecular flexibility index (Phi) is 4.77. The molecule has 16 heavy (non-hydrogen) atoms. The Labute approximate surface area is 97.3 Å². The van der Waals surface area contributed by atoms with Crippen LogP contribution in [0.5, 0.6) is 0 Å². The number of hydrogen-bond acceptors (Lipinski definition) is 3. The first-order valence-electron chi connectivity index (χ1n) is 5.67. The Hall–Kier alpha value is -1.06. The van der Waals surface area contributed by atoms with Gasteiger partial charge in [-0.1, -0.05) is 17.7 Å². The van der Waals surface area contributed by atoms with Crippen LogP contribution in [0.15, 0.2) is 24.3 Å². The molecule has 0 bridgehead atoms. The minimum absolute atomic E-state index is 0.403. The van der Waals surface area contributed by atoms with Gasteiger partial charge < -0.3 is 15.1 Å². The molecule has 1 rings (SSSR count). The van der Waals surface area contributed by atoms with Crippen LogP contribution in [0.3, 0.4) is 0 Å². The van der Waals surface area contributed by atoms with E-state index in [9.17, 15) is 10.2 Å². The van der Waals surface area contributed by atoms with Crippen LogP contribution >= 0.6 is 0 Å². The van der Waals surface area contributed by atoms with Crippen LogP contribution in [0.2, 0.25) is 0 Å². The largest absolute Gasteiger partial charge is 0.392 e. The van der Waals surface area contributed by atoms with Gasteiger partial charge in [0, 0.05) is 18.8 Å². The van der Waals surface area contributed by atoms with E-state index in [1.54, 1.807) is 13.8 Å². The Balaban J connectivity index is 2.78. The molecule has 0 aliphatic rings. The molecule has 0 saturated carbocycles. The summed E-state index contributed by atoms with van der Waals surface area (Å²) in [5.41, 5.74) is 2.24. The number of nitrogens with zero attached hydrogens (tertiary/aromatic N) is 1. The van der Waals surface area contributed by atoms with Gasteiger partial charge in [-0.05, 0) is 32.9 Å². The van der Waals surface area contributed by atoms with Crippen molar-refractivity contribution in [3.63, 3.8) is 0 Å². The molecule has 0 saturated heterocycles. The predicted molar refractivity (Wildman–Crippen MR) is 66.8 cm³/mol. The van der Waals surface area contributed by atoms with Gasteiger partial charge in [0.05, 0.1) is 12.2 Å². The lowest BCUT2D eigenvalue weighted by molar-refractivity contribution is 0.178. The third-order valence-electron chi connectivity index (χ3n) is 2.37. The zero-order valence-corrected chi connectivity index (χ0v) is 10.2. The zero-order chi connectivity index (χ0) is 12.1. The molecular formula is C13H21NO2. The van der Waals surface area contributed by atoms with Crippen LogP contribution in [0.4, 0.5) is 5.69 Å². The molecule has 0 unspecified atom stereocenters. The Morgan fingerprint density at radius 1 is 1.00 bits per heavy atom. The molecule has 0 radical (unpaired) electrons. The molecule has 0 aromatic heterocycles. The van der Waals surface area contributed by atoms with Crippen LogP contribution in [-0.4, -0.2) is 35.5 Å². The molecule has 1 aromatic carbocycles. The Morgan fingerprint density at radius 3 is 1.81 bits per heavy atom. The van der Waals surface area contributed by atoms with Crippen molar-refractivity contribution in [2.75, 3.05) is 18.0 Å². The summed E-state index contributed by atoms with van der Waals surface area (Å²) in [6.45, 7) is 6.62. The molecule has 90 valence electrons. The molecular weight excluding hydrogens is 202 g/mol. The van der Waals surface area contributed by atoms with Crippen molar-refractivity contribution in [2.45, 2.75) is 33.0 Å². The highest BCUT2D eigenvalue weighted by Crippen LogP contribution is 2.15. The van der Waals surface area contributed by atoms with Gasteiger partial charge in [-0.3, -0.25) is 0 Å². The fourth-order valence-corrected chi connectivity index (χ4v) is 1.68. The molecule has 0 heterocycles. The summed E-state index contributed by atoms with van der Waals surface area (Å²) in [6.07, 6.45) is -0.805. The SMILES string of the molecule is Cc1ccc(N(C[C@H](C)O)C[C@H](C)O)cc1. The van der Waals surface area contributed by atoms with Crippen LogP contribution in [0.1, 0.15) is 19.4 Å². The number of aliphatic hydroxyl groups is 2. The second kappa shape index (κ2) is 5.87. The van der Waals surface area contributed by atoms with E-state index in [0.29, 0.717) is 13.1 Å². The van der Waals surface area contributed by atoms with Crippen LogP contribution in [0, 0.1) is 6.92 Å². The summed E-state index contributed by atoms with van der Waals surface area (Å²) in [7, 11) is 0. The standard InChI is InChI=1S/C13H21NO2/c1-10-4-6-13(7-5-10)14(8-11(2)15)9-12(3)16/h4-7,11-12,15-16H,8-9H2,1-3H3/t11-,12-/m0/s1. The molecule has 2 N–H and O–H groups in total. The predicted octanol–water partition coefficient (Wildman–Crippen LogP) is 1.56. The zero-order valence-electron chi connectivity index (χ0n) is 10.2. The number of anilines is 1. The van der Waals surface area contributed by atoms with E-state index in [0.717, 1.165) is 5.69 Å². The first kappa shape index (κ1) is 13.0. The first-order valence-corrected chi connectivity index (χ1v) is 5.67. The van der Waals surface area contributed by atoms with Crippen molar-refractivity contribution >= 4 is 5.69 Å². The van der Waals surface area contributed by atoms with E-state index in [4.69, 9.17) is 0 Å². The maximum atomic E-state index is 9.43. The smallest absolute Gasteiger partial charge is 0.0687 e. The normalized spacial score (nSPS) is 14.6. The minimum Gasteiger partial charge on any atom is -0.392 e. The first-order chi connectivity index (χ1) is 7.49. The molecule has 0 aliphatic heterocycles. The van der Waals surface area contributed by atoms with Crippen LogP contribution < -0.4 is 4.90 Å². The van der Waals surface area contributed by atoms with E-state index < -0.39 is 12.2 Å². The fourth-order valence-electron chi connectivity index (χ4n) is 1.68. The van der Waals surface area contributed by atoms with E-state index in [2.05, 4.69) is 0 Å². The number of aryl methyl sites for hydroxylation is 1. The number of aliphatic hydroxyl groups excluding tert-OH is 2. The average Bonchev–Trinajstić information content (AvgIpc) is 2.16. The lowest BCUT2D eigenvalue weighted by Gasteiger charge is -2.27. The summed E-state index contributed by atoms with van der Waals surface area (Å²) < 4.78 is 0. The van der Waals surface area contributed by atoms with Gasteiger partial charge in [-0.25, -0.2) is 0 Å². The fraction of sp³-hybridized carbons (Fsp3) is 0.538. The van der Waals surface area contributed by atoms with Gasteiger partial charge >= 0.3 is 0 Å². The average molecular weight is 223 g/mol. The highest BCUT2D eigenvalue weighted by molar-refractivity contribution is 5.47. The number of benzene rings is 1. The molecule has 0 aliphatic carbocycles. The van der Waals surface area contributed by atoms with E-state index in [1.165, 1.54) is 5.56 Å². The third-order valence-corrected chi connectivity index (χ3v) is 2.37. The van der Waals surface area contributed by atoms with Crippen molar-refractivity contribution in [2.24, 2.45) is 0 Å². The van der Waals surface area contributed by atoms with Crippen molar-refractivity contribution in [1.82, 2.24) is 0 Å². The highest BCUT2D eigenvalue weighted by atomic mass is 16.3. The lowest BCUT2D eigenvalue weighted by atomic mass is 10.2. The van der Waals surface area contributed by atoms with Gasteiger partial charge in [-0.15, -0.1) is 0 Å². The summed E-state index contributed by atoms with van der Waals surface area (Å²) in [4.78, 5) is 1.99. The Bertz CT molecular complexity index is 296. The highest BCUT2D eigenvalue weighted by Gasteiger charge is 2.11. The quantitative estimate of drug-likeness (QED) is 0.796. The molecule has 3 heteroatoms. The third kappa shape index (κ3) is 4.21. The molecule has 0 fully saturated rings. The molecule has 0 amide bonds. The second-order valence-electron chi connectivity index (χ2n) is 4.44. The van der Waals surface area contributed by atoms with Gasteiger partial charge in [-0.2, -0.15) is 0 Å². The van der Waals surface area contributed by atoms with E-state index in [-0.39, 0.29) is 0 Å². The van der Waals surface area contributed by atoms with E-state index >= 15 is 0 Å². The lowest BCUT2D eigenvalue weighted by Crippen LogP contribution is -2.36. The van der Waals surface area contributed by atoms with Gasteiger partial charge in [0.25, 0.3) is 0 Å². The van der Waals surface area contributed by atoms with Crippen molar-refractivity contribution in [3.05, 3.63) is 29.8 Å². The van der Waals surface area contributed by atoms with Gasteiger partial charge in [0.1, 0.15) is 0 Å². The van der Waals surface area contributed by atoms with Crippen molar-refractivity contribution in [3.8, 4) is 0 Å². The van der Waals surface area contributed by atoms with Crippen molar-refractivity contribution < 1.29 is 10.2 Å². The second-order valence-corrected chi connectivity index (χ2v) is 4.44. The van der Waals surface area contributed by atoms with E-state index in [1.807, 2.05) is 36.1 Å². The Morgan fingerprint density at radius 2 is 1.44 bits per heavy atom. The summed E-state index contributed by atoms with van der Waals surface area (Å²) in [6, 6.07) is 8.10. The number of rotatable bonds is 5. The molecule has 2 atom stereocenters. The summed E-state index contributed by atoms with van der Waals surface area (Å²) in [5.74, 6) is 0. The van der Waals surface area contributed by atoms with Crippen molar-refractivity contribution in [1.29, 1.82) is 0 Å². The topological polar surface area (TPSA) is 43.7 Å². The molecule has 3 nitrogen and oxygen atoms in total. The van der Waals surface area contributed by atoms with Crippen LogP contribution in [-0.2, 0) is 0 Å². The maximum absolute atomic E-state index is 9.43. The molecule has 0 spiro atoms. The summed E-state index contributed by atoms with van der Waals surface area (Å²) in [5, 5.41) is 18.9. The van der Waals surface area contributed by atoms with Gasteiger partial charge in [0.2, 0.25) is 0 Å². The maximum Gasteiger partial charge on any atom is 0.0687 e. The molecule has 1 aromatic rings. The monoisotopic (exact) mass is 223 g/mol.